The molecule has 2 aromatic rings. The van der Waals surface area contributed by atoms with Crippen LogP contribution in [0.25, 0.3) is 10.9 Å². The fourth-order valence-corrected chi connectivity index (χ4v) is 5.18. The quantitative estimate of drug-likeness (QED) is 0.547. The normalized spacial score (nSPS) is 21.7. The van der Waals surface area contributed by atoms with Crippen LogP contribution in [0.2, 0.25) is 0 Å². The molecule has 3 atom stereocenters. The van der Waals surface area contributed by atoms with Gasteiger partial charge in [0.25, 0.3) is 0 Å². The monoisotopic (exact) mass is 484 g/mol. The van der Waals surface area contributed by atoms with Crippen molar-refractivity contribution in [2.75, 3.05) is 26.8 Å². The molecule has 192 valence electrons. The van der Waals surface area contributed by atoms with Crippen LogP contribution in [-0.2, 0) is 14.3 Å². The largest absolute Gasteiger partial charge is 0.444 e. The summed E-state index contributed by atoms with van der Waals surface area (Å²) in [6.07, 6.45) is 5.88. The summed E-state index contributed by atoms with van der Waals surface area (Å²) in [5.41, 5.74) is 7.96. The average molecular weight is 485 g/mol. The Morgan fingerprint density at radius 2 is 1.97 bits per heavy atom. The second kappa shape index (κ2) is 10.6. The third-order valence-corrected chi connectivity index (χ3v) is 6.82. The Hall–Kier alpha value is -2.58. The minimum Gasteiger partial charge on any atom is -0.444 e. The number of rotatable bonds is 8. The van der Waals surface area contributed by atoms with Crippen LogP contribution in [-0.4, -0.2) is 71.3 Å². The minimum absolute atomic E-state index is 0.0607. The highest BCUT2D eigenvalue weighted by Gasteiger charge is 2.43. The van der Waals surface area contributed by atoms with Gasteiger partial charge in [0, 0.05) is 56.0 Å². The summed E-state index contributed by atoms with van der Waals surface area (Å²) >= 11 is 0. The number of methoxy groups -OCH3 is 1. The lowest BCUT2D eigenvalue weighted by atomic mass is 9.91. The van der Waals surface area contributed by atoms with Gasteiger partial charge in [-0.3, -0.25) is 4.79 Å². The number of hydrogen-bond donors (Lipinski definition) is 2. The summed E-state index contributed by atoms with van der Waals surface area (Å²) < 4.78 is 10.9. The highest BCUT2D eigenvalue weighted by molar-refractivity contribution is 5.86. The molecule has 2 heterocycles. The summed E-state index contributed by atoms with van der Waals surface area (Å²) in [6.45, 7) is 6.92. The van der Waals surface area contributed by atoms with E-state index in [1.54, 1.807) is 12.0 Å². The fraction of sp³-hybridized carbons (Fsp3) is 0.630. The van der Waals surface area contributed by atoms with E-state index in [0.717, 1.165) is 42.1 Å². The number of hydrogen-bond acceptors (Lipinski definition) is 5. The van der Waals surface area contributed by atoms with Gasteiger partial charge in [0.2, 0.25) is 5.91 Å². The molecule has 1 aliphatic heterocycles. The molecule has 0 bridgehead atoms. The molecule has 1 aliphatic carbocycles. The molecular weight excluding hydrogens is 444 g/mol. The summed E-state index contributed by atoms with van der Waals surface area (Å²) in [4.78, 5) is 34.0. The van der Waals surface area contributed by atoms with Gasteiger partial charge in [0.15, 0.2) is 0 Å². The molecule has 8 heteroatoms. The molecule has 1 saturated carbocycles. The van der Waals surface area contributed by atoms with Gasteiger partial charge in [-0.05, 0) is 64.5 Å². The van der Waals surface area contributed by atoms with Crippen LogP contribution >= 0.6 is 0 Å². The summed E-state index contributed by atoms with van der Waals surface area (Å²) in [7, 11) is 1.71. The number of benzene rings is 1. The lowest BCUT2D eigenvalue weighted by molar-refractivity contribution is -0.141. The van der Waals surface area contributed by atoms with Gasteiger partial charge in [-0.25, -0.2) is 4.79 Å². The molecule has 1 saturated heterocycles. The van der Waals surface area contributed by atoms with E-state index < -0.39 is 11.7 Å². The molecule has 0 spiro atoms. The zero-order valence-electron chi connectivity index (χ0n) is 21.5. The lowest BCUT2D eigenvalue weighted by Crippen LogP contribution is -2.55. The number of para-hydroxylation sites is 1. The number of nitrogens with one attached hydrogen (secondary N) is 1. The number of carbonyl (C=O) groups excluding carboxylic acids is 2. The standard InChI is InChI=1S/C27H40N4O4/c1-27(2,3)35-26(33)30-16-18(14-19(28)17-30)25(32)31(20-11-12-20)24(10-7-13-34-4)22-15-29-23-9-6-5-8-21(22)23/h5-6,8-9,15,18-20,24,29H,7,10-14,16-17,28H2,1-4H3/t18-,19+,24?/m1/s1. The van der Waals surface area contributed by atoms with Crippen LogP contribution in [0.5, 0.6) is 0 Å². The number of H-pyrrole nitrogens is 1. The Bertz CT molecular complexity index is 1030. The fourth-order valence-electron chi connectivity index (χ4n) is 5.18. The number of aromatic amines is 1. The van der Waals surface area contributed by atoms with Gasteiger partial charge in [-0.2, -0.15) is 0 Å². The van der Waals surface area contributed by atoms with Gasteiger partial charge in [-0.15, -0.1) is 0 Å². The number of aromatic nitrogens is 1. The van der Waals surface area contributed by atoms with Crippen molar-refractivity contribution in [1.29, 1.82) is 0 Å². The van der Waals surface area contributed by atoms with E-state index in [4.69, 9.17) is 15.2 Å². The van der Waals surface area contributed by atoms with E-state index in [1.807, 2.05) is 39.1 Å². The number of amides is 2. The number of fused-ring (bicyclic) bond motifs is 1. The van der Waals surface area contributed by atoms with Crippen molar-refractivity contribution in [2.45, 2.75) is 76.6 Å². The summed E-state index contributed by atoms with van der Waals surface area (Å²) in [5.74, 6) is -0.258. The maximum Gasteiger partial charge on any atom is 0.410 e. The van der Waals surface area contributed by atoms with Crippen molar-refractivity contribution in [1.82, 2.24) is 14.8 Å². The molecule has 1 aromatic heterocycles. The third-order valence-electron chi connectivity index (χ3n) is 6.82. The van der Waals surface area contributed by atoms with Gasteiger partial charge in [0.05, 0.1) is 12.0 Å². The summed E-state index contributed by atoms with van der Waals surface area (Å²) in [5, 5.41) is 1.14. The second-order valence-corrected chi connectivity index (χ2v) is 11.0. The first-order valence-corrected chi connectivity index (χ1v) is 12.8. The van der Waals surface area contributed by atoms with Crippen molar-refractivity contribution in [3.05, 3.63) is 36.0 Å². The number of nitrogens with two attached hydrogens (primary N) is 1. The molecule has 2 fully saturated rings. The third kappa shape index (κ3) is 6.16. The van der Waals surface area contributed by atoms with E-state index >= 15 is 0 Å². The first-order valence-electron chi connectivity index (χ1n) is 12.8. The Balaban J connectivity index is 1.60. The number of nitrogens with zero attached hydrogens (tertiary/aromatic N) is 2. The van der Waals surface area contributed by atoms with Crippen molar-refractivity contribution in [3.63, 3.8) is 0 Å². The van der Waals surface area contributed by atoms with Crippen LogP contribution in [0, 0.1) is 5.92 Å². The number of carbonyl (C=O) groups is 2. The predicted octanol–water partition coefficient (Wildman–Crippen LogP) is 4.21. The van der Waals surface area contributed by atoms with E-state index in [2.05, 4.69) is 22.0 Å². The van der Waals surface area contributed by atoms with Crippen LogP contribution < -0.4 is 5.73 Å². The van der Waals surface area contributed by atoms with Crippen LogP contribution in [0.1, 0.15) is 64.5 Å². The van der Waals surface area contributed by atoms with Gasteiger partial charge in [-0.1, -0.05) is 18.2 Å². The molecular formula is C27H40N4O4. The smallest absolute Gasteiger partial charge is 0.410 e. The van der Waals surface area contributed by atoms with E-state index in [0.29, 0.717) is 26.1 Å². The molecule has 1 unspecified atom stereocenters. The Morgan fingerprint density at radius 3 is 2.66 bits per heavy atom. The Kier molecular flexibility index (Phi) is 7.71. The highest BCUT2D eigenvalue weighted by atomic mass is 16.6. The van der Waals surface area contributed by atoms with Crippen LogP contribution in [0.15, 0.2) is 30.5 Å². The van der Waals surface area contributed by atoms with E-state index in [-0.39, 0.29) is 30.0 Å². The molecule has 1 aromatic carbocycles. The molecule has 4 rings (SSSR count). The van der Waals surface area contributed by atoms with Gasteiger partial charge < -0.3 is 30.0 Å². The maximum atomic E-state index is 14.1. The van der Waals surface area contributed by atoms with Crippen LogP contribution in [0.3, 0.4) is 0 Å². The predicted molar refractivity (Wildman–Crippen MR) is 136 cm³/mol. The molecule has 2 amide bonds. The molecule has 2 aliphatic rings. The van der Waals surface area contributed by atoms with Crippen LogP contribution in [0.4, 0.5) is 4.79 Å². The second-order valence-electron chi connectivity index (χ2n) is 11.0. The molecule has 8 nitrogen and oxygen atoms in total. The Labute approximate surface area is 208 Å². The lowest BCUT2D eigenvalue weighted by Gasteiger charge is -2.40. The number of piperidine rings is 1. The summed E-state index contributed by atoms with van der Waals surface area (Å²) in [6, 6.07) is 8.13. The maximum absolute atomic E-state index is 14.1. The zero-order chi connectivity index (χ0) is 25.2. The Morgan fingerprint density at radius 1 is 1.23 bits per heavy atom. The van der Waals surface area contributed by atoms with Crippen molar-refractivity contribution in [2.24, 2.45) is 11.7 Å². The minimum atomic E-state index is -0.597. The highest BCUT2D eigenvalue weighted by Crippen LogP contribution is 2.41. The average Bonchev–Trinajstić information content (AvgIpc) is 3.54. The zero-order valence-corrected chi connectivity index (χ0v) is 21.5. The van der Waals surface area contributed by atoms with Gasteiger partial charge >= 0.3 is 6.09 Å². The first-order chi connectivity index (χ1) is 16.7. The molecule has 35 heavy (non-hydrogen) atoms. The van der Waals surface area contributed by atoms with Crippen molar-refractivity contribution < 1.29 is 19.1 Å². The van der Waals surface area contributed by atoms with Crippen molar-refractivity contribution in [3.8, 4) is 0 Å². The van der Waals surface area contributed by atoms with E-state index in [1.165, 1.54) is 0 Å². The SMILES string of the molecule is COCCCC(c1c[nH]c2ccccc12)N(C(=O)[C@@H]1C[C@H](N)CN(C(=O)OC(C)(C)C)C1)C1CC1. The number of ether oxygens (including phenoxy) is 2. The van der Waals surface area contributed by atoms with Gasteiger partial charge in [0.1, 0.15) is 5.60 Å². The van der Waals surface area contributed by atoms with Crippen molar-refractivity contribution >= 4 is 22.9 Å². The number of likely N-dealkylation sites (tertiary alicyclic amines) is 1. The molecule has 0 radical (unpaired) electrons. The molecule has 3 N–H and O–H groups in total. The van der Waals surface area contributed by atoms with E-state index in [9.17, 15) is 9.59 Å². The first kappa shape index (κ1) is 25.5. The topological polar surface area (TPSA) is 101 Å².